The van der Waals surface area contributed by atoms with Gasteiger partial charge in [0.2, 0.25) is 0 Å². The van der Waals surface area contributed by atoms with Crippen LogP contribution in [-0.2, 0) is 0 Å². The van der Waals surface area contributed by atoms with Crippen molar-refractivity contribution in [2.75, 3.05) is 10.6 Å². The minimum absolute atomic E-state index is 0.142. The zero-order chi connectivity index (χ0) is 18.7. The van der Waals surface area contributed by atoms with Gasteiger partial charge in [-0.3, -0.25) is 4.79 Å². The Morgan fingerprint density at radius 3 is 2.27 bits per heavy atom. The molecule has 1 amide bonds. The van der Waals surface area contributed by atoms with Gasteiger partial charge in [0.25, 0.3) is 5.91 Å². The van der Waals surface area contributed by atoms with Gasteiger partial charge in [0.1, 0.15) is 0 Å². The van der Waals surface area contributed by atoms with Gasteiger partial charge in [0.05, 0.1) is 0 Å². The Morgan fingerprint density at radius 1 is 0.923 bits per heavy atom. The van der Waals surface area contributed by atoms with Crippen LogP contribution >= 0.6 is 0 Å². The Bertz CT molecular complexity index is 938. The molecule has 0 fully saturated rings. The van der Waals surface area contributed by atoms with E-state index in [-0.39, 0.29) is 11.6 Å². The number of nitrogens with one attached hydrogen (secondary N) is 2. The van der Waals surface area contributed by atoms with Gasteiger partial charge < -0.3 is 10.6 Å². The number of benzene rings is 2. The molecule has 7 heteroatoms. The summed E-state index contributed by atoms with van der Waals surface area (Å²) in [5.74, 6) is -1.97. The molecule has 0 bridgehead atoms. The van der Waals surface area contributed by atoms with Crippen molar-refractivity contribution < 1.29 is 13.6 Å². The topological polar surface area (TPSA) is 66.9 Å². The van der Waals surface area contributed by atoms with Crippen molar-refractivity contribution in [3.05, 3.63) is 77.0 Å². The van der Waals surface area contributed by atoms with Crippen LogP contribution in [0.1, 0.15) is 21.6 Å². The van der Waals surface area contributed by atoms with Crippen molar-refractivity contribution in [1.29, 1.82) is 0 Å². The summed E-state index contributed by atoms with van der Waals surface area (Å²) in [6.45, 7) is 3.81. The highest BCUT2D eigenvalue weighted by atomic mass is 19.2. The Balaban J connectivity index is 1.72. The highest BCUT2D eigenvalue weighted by molar-refractivity contribution is 6.03. The van der Waals surface area contributed by atoms with Crippen LogP contribution in [0, 0.1) is 25.5 Å². The zero-order valence-electron chi connectivity index (χ0n) is 14.2. The van der Waals surface area contributed by atoms with Gasteiger partial charge in [-0.2, -0.15) is 0 Å². The minimum Gasteiger partial charge on any atom is -0.339 e. The first kappa shape index (κ1) is 17.5. The lowest BCUT2D eigenvalue weighted by Gasteiger charge is -2.11. The first-order valence-corrected chi connectivity index (χ1v) is 7.87. The fraction of sp³-hybridized carbons (Fsp3) is 0.105. The van der Waals surface area contributed by atoms with Crippen molar-refractivity contribution in [1.82, 2.24) is 10.2 Å². The standard InChI is InChI=1S/C19H16F2N4O/c1-11-4-3-5-12(2)18(11)23-19(26)16-8-9-17(25-24-16)22-13-6-7-14(20)15(21)10-13/h3-10H,1-2H3,(H,22,25)(H,23,26). The second-order valence-corrected chi connectivity index (χ2v) is 5.78. The SMILES string of the molecule is Cc1cccc(C)c1NC(=O)c1ccc(Nc2ccc(F)c(F)c2)nn1. The maximum Gasteiger partial charge on any atom is 0.276 e. The Morgan fingerprint density at radius 2 is 1.65 bits per heavy atom. The van der Waals surface area contributed by atoms with E-state index in [1.807, 2.05) is 32.0 Å². The summed E-state index contributed by atoms with van der Waals surface area (Å²) in [6.07, 6.45) is 0. The van der Waals surface area contributed by atoms with Crippen molar-refractivity contribution in [2.45, 2.75) is 13.8 Å². The maximum absolute atomic E-state index is 13.2. The average molecular weight is 354 g/mol. The highest BCUT2D eigenvalue weighted by Crippen LogP contribution is 2.20. The fourth-order valence-corrected chi connectivity index (χ4v) is 2.43. The molecule has 0 radical (unpaired) electrons. The van der Waals surface area contributed by atoms with E-state index in [0.717, 1.165) is 28.9 Å². The molecule has 26 heavy (non-hydrogen) atoms. The van der Waals surface area contributed by atoms with Crippen molar-refractivity contribution in [2.24, 2.45) is 0 Å². The van der Waals surface area contributed by atoms with Gasteiger partial charge in [-0.15, -0.1) is 10.2 Å². The summed E-state index contributed by atoms with van der Waals surface area (Å²) in [5, 5.41) is 13.4. The maximum atomic E-state index is 13.2. The number of hydrogen-bond acceptors (Lipinski definition) is 4. The van der Waals surface area contributed by atoms with E-state index >= 15 is 0 Å². The average Bonchev–Trinajstić information content (AvgIpc) is 2.62. The summed E-state index contributed by atoms with van der Waals surface area (Å²) < 4.78 is 26.2. The van der Waals surface area contributed by atoms with Crippen LogP contribution in [0.15, 0.2) is 48.5 Å². The number of carbonyl (C=O) groups excluding carboxylic acids is 1. The Hall–Kier alpha value is -3.35. The highest BCUT2D eigenvalue weighted by Gasteiger charge is 2.12. The van der Waals surface area contributed by atoms with Crippen LogP contribution in [0.2, 0.25) is 0 Å². The Kier molecular flexibility index (Phi) is 4.88. The second-order valence-electron chi connectivity index (χ2n) is 5.78. The number of hydrogen-bond donors (Lipinski definition) is 2. The van der Waals surface area contributed by atoms with Crippen LogP contribution < -0.4 is 10.6 Å². The van der Waals surface area contributed by atoms with Crippen molar-refractivity contribution in [3.8, 4) is 0 Å². The van der Waals surface area contributed by atoms with Crippen LogP contribution in [0.3, 0.4) is 0 Å². The first-order valence-electron chi connectivity index (χ1n) is 7.87. The monoisotopic (exact) mass is 354 g/mol. The fourth-order valence-electron chi connectivity index (χ4n) is 2.43. The Labute approximate surface area is 149 Å². The molecule has 0 aliphatic rings. The van der Waals surface area contributed by atoms with E-state index in [2.05, 4.69) is 20.8 Å². The lowest BCUT2D eigenvalue weighted by atomic mass is 10.1. The second kappa shape index (κ2) is 7.26. The minimum atomic E-state index is -0.965. The van der Waals surface area contributed by atoms with Gasteiger partial charge in [-0.25, -0.2) is 8.78 Å². The number of nitrogens with zero attached hydrogens (tertiary/aromatic N) is 2. The van der Waals surface area contributed by atoms with Gasteiger partial charge in [0, 0.05) is 17.4 Å². The van der Waals surface area contributed by atoms with E-state index in [1.165, 1.54) is 18.2 Å². The lowest BCUT2D eigenvalue weighted by Crippen LogP contribution is -2.16. The smallest absolute Gasteiger partial charge is 0.276 e. The molecule has 0 aliphatic heterocycles. The molecule has 5 nitrogen and oxygen atoms in total. The summed E-state index contributed by atoms with van der Waals surface area (Å²) in [7, 11) is 0. The predicted octanol–water partition coefficient (Wildman–Crippen LogP) is 4.37. The van der Waals surface area contributed by atoms with E-state index in [1.54, 1.807) is 0 Å². The summed E-state index contributed by atoms with van der Waals surface area (Å²) >= 11 is 0. The van der Waals surface area contributed by atoms with Gasteiger partial charge in [0.15, 0.2) is 23.1 Å². The number of rotatable bonds is 4. The van der Waals surface area contributed by atoms with Crippen molar-refractivity contribution in [3.63, 3.8) is 0 Å². The molecule has 2 N–H and O–H groups in total. The molecule has 3 aromatic rings. The molecule has 0 aliphatic carbocycles. The third-order valence-corrected chi connectivity index (χ3v) is 3.81. The summed E-state index contributed by atoms with van der Waals surface area (Å²) in [4.78, 5) is 12.3. The molecule has 1 aromatic heterocycles. The number of amides is 1. The number of aryl methyl sites for hydroxylation is 2. The number of anilines is 3. The van der Waals surface area contributed by atoms with E-state index < -0.39 is 11.6 Å². The van der Waals surface area contributed by atoms with Gasteiger partial charge in [-0.05, 0) is 49.2 Å². The first-order chi connectivity index (χ1) is 12.4. The number of aromatic nitrogens is 2. The third-order valence-electron chi connectivity index (χ3n) is 3.81. The van der Waals surface area contributed by atoms with E-state index in [9.17, 15) is 13.6 Å². The normalized spacial score (nSPS) is 10.5. The molecule has 2 aromatic carbocycles. The molecule has 1 heterocycles. The molecule has 0 spiro atoms. The summed E-state index contributed by atoms with van der Waals surface area (Å²) in [6, 6.07) is 12.2. The predicted molar refractivity (Wildman–Crippen MR) is 95.5 cm³/mol. The molecule has 0 saturated heterocycles. The van der Waals surface area contributed by atoms with Crippen LogP contribution in [0.5, 0.6) is 0 Å². The van der Waals surface area contributed by atoms with Gasteiger partial charge in [-0.1, -0.05) is 18.2 Å². The van der Waals surface area contributed by atoms with Crippen molar-refractivity contribution >= 4 is 23.1 Å². The molecule has 132 valence electrons. The largest absolute Gasteiger partial charge is 0.339 e. The molecule has 0 saturated carbocycles. The third kappa shape index (κ3) is 3.83. The van der Waals surface area contributed by atoms with E-state index in [4.69, 9.17) is 0 Å². The van der Waals surface area contributed by atoms with Crippen LogP contribution in [-0.4, -0.2) is 16.1 Å². The number of para-hydroxylation sites is 1. The molecular weight excluding hydrogens is 338 g/mol. The molecule has 0 atom stereocenters. The zero-order valence-corrected chi connectivity index (χ0v) is 14.2. The number of carbonyl (C=O) groups is 1. The molecule has 3 rings (SSSR count). The lowest BCUT2D eigenvalue weighted by molar-refractivity contribution is 0.102. The number of halogens is 2. The van der Waals surface area contributed by atoms with Gasteiger partial charge >= 0.3 is 0 Å². The quantitative estimate of drug-likeness (QED) is 0.730. The molecular formula is C19H16F2N4O. The summed E-state index contributed by atoms with van der Waals surface area (Å²) in [5.41, 5.74) is 3.10. The van der Waals surface area contributed by atoms with E-state index in [0.29, 0.717) is 11.5 Å². The van der Waals surface area contributed by atoms with Crippen LogP contribution in [0.25, 0.3) is 0 Å². The molecule has 0 unspecified atom stereocenters. The van der Waals surface area contributed by atoms with Crippen LogP contribution in [0.4, 0.5) is 26.0 Å².